The summed E-state index contributed by atoms with van der Waals surface area (Å²) >= 11 is 1.02. The van der Waals surface area contributed by atoms with Crippen LogP contribution in [0.4, 0.5) is 0 Å². The summed E-state index contributed by atoms with van der Waals surface area (Å²) in [5, 5.41) is 23.2. The molecule has 15 N–H and O–H groups in total. The number of nitrogens with two attached hydrogens (primary N) is 3. The molecule has 0 unspecified atom stereocenters. The van der Waals surface area contributed by atoms with Crippen molar-refractivity contribution in [2.45, 2.75) is 107 Å². The molecule has 8 amide bonds. The first-order chi connectivity index (χ1) is 39.6. The van der Waals surface area contributed by atoms with Crippen LogP contribution in [-0.2, 0) is 64.0 Å². The predicted octanol–water partition coefficient (Wildman–Crippen LogP) is 2.81. The average molecular weight is 1130 g/mol. The van der Waals surface area contributed by atoms with E-state index in [1.54, 1.807) is 56.6 Å². The minimum Gasteiger partial charge on any atom is -0.368 e. The Morgan fingerprint density at radius 1 is 0.598 bits per heavy atom. The van der Waals surface area contributed by atoms with Crippen LogP contribution in [0.1, 0.15) is 55.4 Å². The zero-order valence-electron chi connectivity index (χ0n) is 45.9. The maximum atomic E-state index is 15.0. The summed E-state index contributed by atoms with van der Waals surface area (Å²) in [6, 6.07) is 26.7. The number of aromatic nitrogens is 2. The number of primary amides is 1. The predicted molar refractivity (Wildman–Crippen MR) is 318 cm³/mol. The smallest absolute Gasteiger partial charge is 0.244 e. The van der Waals surface area contributed by atoms with Gasteiger partial charge >= 0.3 is 0 Å². The number of fused-ring (bicyclic) bond motifs is 3. The summed E-state index contributed by atoms with van der Waals surface area (Å²) < 4.78 is 0. The Morgan fingerprint density at radius 2 is 1.18 bits per heavy atom. The van der Waals surface area contributed by atoms with Gasteiger partial charge in [0.25, 0.3) is 0 Å². The number of rotatable bonds is 18. The van der Waals surface area contributed by atoms with Gasteiger partial charge < -0.3 is 64.4 Å². The lowest BCUT2D eigenvalue weighted by Crippen LogP contribution is -2.61. The molecule has 1 aliphatic heterocycles. The Balaban J connectivity index is 1.16. The largest absolute Gasteiger partial charge is 0.368 e. The van der Waals surface area contributed by atoms with Crippen LogP contribution >= 0.6 is 11.8 Å². The van der Waals surface area contributed by atoms with Gasteiger partial charge in [0.05, 0.1) is 6.04 Å². The lowest BCUT2D eigenvalue weighted by atomic mass is 9.98. The van der Waals surface area contributed by atoms with Gasteiger partial charge in [-0.25, -0.2) is 0 Å². The van der Waals surface area contributed by atoms with E-state index in [1.807, 2.05) is 91.0 Å². The molecule has 21 heteroatoms. The van der Waals surface area contributed by atoms with Crippen molar-refractivity contribution >= 4 is 91.6 Å². The highest BCUT2D eigenvalue weighted by molar-refractivity contribution is 7.99. The summed E-state index contributed by atoms with van der Waals surface area (Å²) in [7, 11) is 0. The summed E-state index contributed by atoms with van der Waals surface area (Å²) in [6.07, 6.45) is 4.46. The number of carbonyl (C=O) groups is 8. The summed E-state index contributed by atoms with van der Waals surface area (Å²) in [4.78, 5) is 122. The van der Waals surface area contributed by atoms with Crippen LogP contribution in [0.15, 0.2) is 134 Å². The van der Waals surface area contributed by atoms with Crippen LogP contribution in [0.3, 0.4) is 0 Å². The zero-order chi connectivity index (χ0) is 58.3. The molecular weight excluding hydrogens is 1060 g/mol. The Hall–Kier alpha value is -8.53. The second kappa shape index (κ2) is 28.3. The number of carbonyl (C=O) groups excluding carboxylic acids is 8. The van der Waals surface area contributed by atoms with Crippen LogP contribution in [0.5, 0.6) is 0 Å². The Kier molecular flexibility index (Phi) is 20.5. The highest BCUT2D eigenvalue weighted by atomic mass is 32.2. The van der Waals surface area contributed by atoms with E-state index in [1.165, 1.54) is 0 Å². The number of nitrogens with one attached hydrogen (secondary N) is 9. The number of amides is 8. The molecule has 1 fully saturated rings. The SMILES string of the molecule is CC(C)[C@@H]1NC(=O)[C@H](CCCCN)NC(=O)[C@H](Cc2c[nH]c3ccccc23)NC(=O)[C@H](Cc2ccccc2)NC(=O)[C@@H](NC(=O)[C@@H](N)Cc2cccc3ccccc23)CSC[C@@H](C(=O)N[C@@H](Cc2c[nH]c3ccccc23)C(N)=O)NC1=O. The monoisotopic (exact) mass is 1130 g/mol. The van der Waals surface area contributed by atoms with E-state index < -0.39 is 102 Å². The van der Waals surface area contributed by atoms with Crippen molar-refractivity contribution in [2.24, 2.45) is 23.1 Å². The average Bonchev–Trinajstić information content (AvgIpc) is 4.11. The van der Waals surface area contributed by atoms with Crippen LogP contribution in [-0.4, -0.2) is 124 Å². The lowest BCUT2D eigenvalue weighted by molar-refractivity contribution is -0.136. The van der Waals surface area contributed by atoms with Gasteiger partial charge in [0.15, 0.2) is 0 Å². The van der Waals surface area contributed by atoms with E-state index in [9.17, 15) is 38.4 Å². The molecule has 0 bridgehead atoms. The zero-order valence-corrected chi connectivity index (χ0v) is 46.7. The van der Waals surface area contributed by atoms with Crippen molar-refractivity contribution in [1.82, 2.24) is 47.2 Å². The van der Waals surface area contributed by atoms with Gasteiger partial charge in [-0.3, -0.25) is 38.4 Å². The molecule has 0 aliphatic carbocycles. The first-order valence-electron chi connectivity index (χ1n) is 27.6. The molecule has 8 rings (SSSR count). The molecule has 5 aromatic carbocycles. The fourth-order valence-electron chi connectivity index (χ4n) is 10.2. The first kappa shape index (κ1) is 59.6. The molecular formula is C61H72N12O8S. The highest BCUT2D eigenvalue weighted by Gasteiger charge is 2.37. The van der Waals surface area contributed by atoms with Crippen LogP contribution in [0.25, 0.3) is 32.6 Å². The van der Waals surface area contributed by atoms with Gasteiger partial charge in [-0.1, -0.05) is 123 Å². The molecule has 82 heavy (non-hydrogen) atoms. The molecule has 430 valence electrons. The van der Waals surface area contributed by atoms with Gasteiger partial charge in [-0.2, -0.15) is 11.8 Å². The first-order valence-corrected chi connectivity index (χ1v) is 28.8. The molecule has 3 heterocycles. The van der Waals surface area contributed by atoms with E-state index in [-0.39, 0.29) is 43.6 Å². The van der Waals surface area contributed by atoms with E-state index in [0.29, 0.717) is 36.1 Å². The number of unbranched alkanes of at least 4 members (excludes halogenated alkanes) is 1. The highest BCUT2D eigenvalue weighted by Crippen LogP contribution is 2.23. The normalized spacial score (nSPS) is 20.5. The van der Waals surface area contributed by atoms with E-state index in [0.717, 1.165) is 49.9 Å². The minimum atomic E-state index is -1.43. The number of hydrogen-bond donors (Lipinski definition) is 12. The molecule has 0 radical (unpaired) electrons. The third-order valence-corrected chi connectivity index (χ3v) is 15.9. The van der Waals surface area contributed by atoms with Crippen LogP contribution < -0.4 is 54.4 Å². The van der Waals surface area contributed by atoms with Crippen molar-refractivity contribution in [3.05, 3.63) is 156 Å². The summed E-state index contributed by atoms with van der Waals surface area (Å²) in [5.74, 6) is -7.12. The molecule has 0 saturated carbocycles. The number of para-hydroxylation sites is 2. The van der Waals surface area contributed by atoms with Gasteiger partial charge in [0.1, 0.15) is 42.3 Å². The molecule has 8 atom stereocenters. The number of thioether (sulfide) groups is 1. The molecule has 20 nitrogen and oxygen atoms in total. The van der Waals surface area contributed by atoms with Crippen molar-refractivity contribution in [2.75, 3.05) is 18.1 Å². The fourth-order valence-corrected chi connectivity index (χ4v) is 11.3. The quantitative estimate of drug-likeness (QED) is 0.0555. The van der Waals surface area contributed by atoms with Crippen molar-refractivity contribution in [3.63, 3.8) is 0 Å². The van der Waals surface area contributed by atoms with Gasteiger partial charge in [0.2, 0.25) is 47.3 Å². The van der Waals surface area contributed by atoms with E-state index in [4.69, 9.17) is 17.2 Å². The number of hydrogen-bond acceptors (Lipinski definition) is 11. The fraction of sp³-hybridized carbons (Fsp3) is 0.344. The van der Waals surface area contributed by atoms with Crippen LogP contribution in [0.2, 0.25) is 0 Å². The molecule has 1 saturated heterocycles. The molecule has 7 aromatic rings. The Morgan fingerprint density at radius 3 is 1.87 bits per heavy atom. The topological polar surface area (TPSA) is 330 Å². The third kappa shape index (κ3) is 15.5. The second-order valence-electron chi connectivity index (χ2n) is 21.1. The standard InChI is InChI=1S/C61H72N12O8S/c1-35(2)53-61(81)72-52(59(79)68-48(54(64)74)29-39-31-65-45-23-10-8-21-42(39)45)34-82-33-51(71-55(75)44(63)28-38-19-14-18-37-17-6-7-20-41(37)38)60(80)69-49(27-36-15-4-3-5-16-36)57(77)70-50(30-40-32-66-46-24-11-9-22-43(40)46)58(78)67-47(56(76)73-53)25-12-13-26-62/h3-11,14-24,31-32,35,44,47-53,65-66H,12-13,25-30,33-34,62-63H2,1-2H3,(H2,64,74)(H,67,78)(H,68,79)(H,69,80)(H,70,77)(H,71,75)(H,72,81)(H,73,76)/t44-,47-,48-,49-,50-,51-,52-,53-/m0/s1. The molecule has 2 aromatic heterocycles. The maximum Gasteiger partial charge on any atom is 0.244 e. The summed E-state index contributed by atoms with van der Waals surface area (Å²) in [5.41, 5.74) is 22.9. The molecule has 1 aliphatic rings. The number of aromatic amines is 2. The van der Waals surface area contributed by atoms with Gasteiger partial charge in [0, 0.05) is 65.0 Å². The van der Waals surface area contributed by atoms with Crippen molar-refractivity contribution in [3.8, 4) is 0 Å². The second-order valence-corrected chi connectivity index (χ2v) is 22.2. The van der Waals surface area contributed by atoms with E-state index >= 15 is 0 Å². The Bertz CT molecular complexity index is 3400. The lowest BCUT2D eigenvalue weighted by Gasteiger charge is -2.28. The van der Waals surface area contributed by atoms with Gasteiger partial charge in [-0.15, -0.1) is 0 Å². The third-order valence-electron chi connectivity index (χ3n) is 14.7. The maximum absolute atomic E-state index is 15.0. The van der Waals surface area contributed by atoms with E-state index in [2.05, 4.69) is 47.2 Å². The van der Waals surface area contributed by atoms with Crippen molar-refractivity contribution in [1.29, 1.82) is 0 Å². The number of H-pyrrole nitrogens is 2. The molecule has 0 spiro atoms. The van der Waals surface area contributed by atoms with Gasteiger partial charge in [-0.05, 0) is 83.3 Å². The Labute approximate surface area is 479 Å². The van der Waals surface area contributed by atoms with Crippen molar-refractivity contribution < 1.29 is 38.4 Å². The number of benzene rings is 5. The minimum absolute atomic E-state index is 0.00545. The van der Waals surface area contributed by atoms with Crippen LogP contribution in [0, 0.1) is 5.92 Å². The summed E-state index contributed by atoms with van der Waals surface area (Å²) in [6.45, 7) is 3.70.